The molecule has 0 atom stereocenters. The van der Waals surface area contributed by atoms with Crippen LogP contribution in [-0.2, 0) is 13.6 Å². The smallest absolute Gasteiger partial charge is 0.191 e. The Morgan fingerprint density at radius 3 is 2.35 bits per heavy atom. The van der Waals surface area contributed by atoms with Gasteiger partial charge in [-0.25, -0.2) is 0 Å². The topological polar surface area (TPSA) is 60.7 Å². The maximum Gasteiger partial charge on any atom is 0.191 e. The highest BCUT2D eigenvalue weighted by Crippen LogP contribution is 2.11. The minimum atomic E-state index is 0.757. The van der Waals surface area contributed by atoms with Gasteiger partial charge in [-0.1, -0.05) is 6.92 Å². The number of guanidine groups is 1. The largest absolute Gasteiger partial charge is 0.356 e. The van der Waals surface area contributed by atoms with Crippen molar-refractivity contribution >= 4 is 5.96 Å². The van der Waals surface area contributed by atoms with Crippen LogP contribution in [0.15, 0.2) is 4.99 Å². The Morgan fingerprint density at radius 1 is 1.08 bits per heavy atom. The molecule has 0 saturated carbocycles. The van der Waals surface area contributed by atoms with E-state index in [1.807, 2.05) is 18.8 Å². The third kappa shape index (κ3) is 5.99. The fourth-order valence-corrected chi connectivity index (χ4v) is 3.46. The lowest BCUT2D eigenvalue weighted by atomic mass is 10.2. The number of nitrogens with zero attached hydrogens (tertiary/aromatic N) is 5. The molecule has 1 aliphatic heterocycles. The molecule has 1 saturated heterocycles. The van der Waals surface area contributed by atoms with Crippen molar-refractivity contribution in [1.29, 1.82) is 0 Å². The molecule has 1 fully saturated rings. The average molecular weight is 364 g/mol. The highest BCUT2D eigenvalue weighted by molar-refractivity contribution is 5.79. The monoisotopic (exact) mass is 363 g/mol. The zero-order chi connectivity index (χ0) is 18.9. The van der Waals surface area contributed by atoms with Crippen LogP contribution in [-0.4, -0.2) is 78.4 Å². The number of aryl methyl sites for hydroxylation is 2. The number of hydrogen-bond donors (Lipinski definition) is 2. The van der Waals surface area contributed by atoms with Crippen LogP contribution in [0.3, 0.4) is 0 Å². The number of likely N-dealkylation sites (N-methyl/N-ethyl adjacent to an activating group) is 1. The number of unbranched alkanes of at least 4 members (excludes halogenated alkanes) is 1. The van der Waals surface area contributed by atoms with Crippen molar-refractivity contribution < 1.29 is 0 Å². The molecule has 0 unspecified atom stereocenters. The van der Waals surface area contributed by atoms with Gasteiger partial charge in [0.1, 0.15) is 0 Å². The van der Waals surface area contributed by atoms with E-state index >= 15 is 0 Å². The SMILES string of the molecule is CCN1CCN(CCCCNC(=NC)NCc2c(C)nn(C)c2C)CC1. The van der Waals surface area contributed by atoms with Crippen molar-refractivity contribution in [3.8, 4) is 0 Å². The maximum atomic E-state index is 4.46. The van der Waals surface area contributed by atoms with E-state index in [0.29, 0.717) is 0 Å². The Hall–Kier alpha value is -1.60. The summed E-state index contributed by atoms with van der Waals surface area (Å²) in [6.07, 6.45) is 2.40. The van der Waals surface area contributed by atoms with Crippen LogP contribution in [0.1, 0.15) is 36.7 Å². The standard InChI is InChI=1S/C19H37N7/c1-6-25-11-13-26(14-12-25)10-8-7-9-21-19(20-4)22-15-18-16(2)23-24(5)17(18)3/h6-15H2,1-5H3,(H2,20,21,22). The van der Waals surface area contributed by atoms with Gasteiger partial charge >= 0.3 is 0 Å². The first-order valence-electron chi connectivity index (χ1n) is 9.93. The molecule has 148 valence electrons. The molecular formula is C19H37N7. The Balaban J connectivity index is 1.60. The first kappa shape index (κ1) is 20.7. The predicted molar refractivity (Wildman–Crippen MR) is 109 cm³/mol. The zero-order valence-electron chi connectivity index (χ0n) is 17.3. The number of hydrogen-bond acceptors (Lipinski definition) is 4. The molecule has 0 radical (unpaired) electrons. The Bertz CT molecular complexity index is 571. The van der Waals surface area contributed by atoms with Gasteiger partial charge in [-0.05, 0) is 39.8 Å². The molecule has 1 aliphatic rings. The van der Waals surface area contributed by atoms with Gasteiger partial charge < -0.3 is 20.4 Å². The molecule has 0 aromatic carbocycles. The summed E-state index contributed by atoms with van der Waals surface area (Å²) in [6.45, 7) is 15.4. The molecule has 0 aliphatic carbocycles. The van der Waals surface area contributed by atoms with E-state index in [2.05, 4.69) is 51.3 Å². The lowest BCUT2D eigenvalue weighted by Crippen LogP contribution is -2.46. The highest BCUT2D eigenvalue weighted by Gasteiger charge is 2.14. The van der Waals surface area contributed by atoms with Gasteiger partial charge in [0, 0.05) is 64.6 Å². The molecule has 2 heterocycles. The summed E-state index contributed by atoms with van der Waals surface area (Å²) in [7, 11) is 3.81. The van der Waals surface area contributed by atoms with E-state index < -0.39 is 0 Å². The van der Waals surface area contributed by atoms with Crippen LogP contribution in [0.25, 0.3) is 0 Å². The van der Waals surface area contributed by atoms with Crippen molar-refractivity contribution in [2.24, 2.45) is 12.0 Å². The minimum Gasteiger partial charge on any atom is -0.356 e. The molecule has 7 nitrogen and oxygen atoms in total. The second-order valence-electron chi connectivity index (χ2n) is 7.11. The number of aromatic nitrogens is 2. The van der Waals surface area contributed by atoms with E-state index in [9.17, 15) is 0 Å². The van der Waals surface area contributed by atoms with Crippen LogP contribution in [0.5, 0.6) is 0 Å². The number of piperazine rings is 1. The third-order valence-corrected chi connectivity index (χ3v) is 5.42. The molecule has 0 spiro atoms. The van der Waals surface area contributed by atoms with Gasteiger partial charge in [0.2, 0.25) is 0 Å². The maximum absolute atomic E-state index is 4.46. The summed E-state index contributed by atoms with van der Waals surface area (Å²) in [5, 5.41) is 11.3. The molecule has 2 rings (SSSR count). The molecular weight excluding hydrogens is 326 g/mol. The summed E-state index contributed by atoms with van der Waals surface area (Å²) in [6, 6.07) is 0. The number of rotatable bonds is 8. The quantitative estimate of drug-likeness (QED) is 0.412. The molecule has 7 heteroatoms. The van der Waals surface area contributed by atoms with Crippen LogP contribution in [0.2, 0.25) is 0 Å². The van der Waals surface area contributed by atoms with Gasteiger partial charge in [0.15, 0.2) is 5.96 Å². The van der Waals surface area contributed by atoms with Crippen LogP contribution in [0, 0.1) is 13.8 Å². The van der Waals surface area contributed by atoms with E-state index in [0.717, 1.165) is 24.7 Å². The van der Waals surface area contributed by atoms with E-state index in [1.165, 1.54) is 63.4 Å². The molecule has 0 bridgehead atoms. The zero-order valence-corrected chi connectivity index (χ0v) is 17.3. The molecule has 0 amide bonds. The number of nitrogens with one attached hydrogen (secondary N) is 2. The average Bonchev–Trinajstić information content (AvgIpc) is 2.90. The fourth-order valence-electron chi connectivity index (χ4n) is 3.46. The summed E-state index contributed by atoms with van der Waals surface area (Å²) >= 11 is 0. The van der Waals surface area contributed by atoms with Crippen LogP contribution in [0.4, 0.5) is 0 Å². The van der Waals surface area contributed by atoms with Crippen molar-refractivity contribution in [2.75, 3.05) is 52.9 Å². The highest BCUT2D eigenvalue weighted by atomic mass is 15.3. The molecule has 1 aromatic heterocycles. The Kier molecular flexibility index (Phi) is 8.38. The summed E-state index contributed by atoms with van der Waals surface area (Å²) in [4.78, 5) is 9.44. The van der Waals surface area contributed by atoms with Crippen LogP contribution >= 0.6 is 0 Å². The Morgan fingerprint density at radius 2 is 1.77 bits per heavy atom. The summed E-state index contributed by atoms with van der Waals surface area (Å²) in [5.41, 5.74) is 3.53. The Labute approximate surface area is 158 Å². The van der Waals surface area contributed by atoms with Gasteiger partial charge in [0.05, 0.1) is 5.69 Å². The van der Waals surface area contributed by atoms with E-state index in [1.54, 1.807) is 0 Å². The van der Waals surface area contributed by atoms with Gasteiger partial charge in [-0.2, -0.15) is 5.10 Å². The van der Waals surface area contributed by atoms with Crippen molar-refractivity contribution in [2.45, 2.75) is 40.2 Å². The second-order valence-corrected chi connectivity index (χ2v) is 7.11. The van der Waals surface area contributed by atoms with Gasteiger partial charge in [-0.3, -0.25) is 9.67 Å². The number of aliphatic imine (C=N–C) groups is 1. The van der Waals surface area contributed by atoms with E-state index in [-0.39, 0.29) is 0 Å². The van der Waals surface area contributed by atoms with Crippen molar-refractivity contribution in [3.63, 3.8) is 0 Å². The lowest BCUT2D eigenvalue weighted by Gasteiger charge is -2.34. The molecule has 2 N–H and O–H groups in total. The third-order valence-electron chi connectivity index (χ3n) is 5.42. The lowest BCUT2D eigenvalue weighted by molar-refractivity contribution is 0.136. The fraction of sp³-hybridized carbons (Fsp3) is 0.789. The van der Waals surface area contributed by atoms with Crippen molar-refractivity contribution in [1.82, 2.24) is 30.2 Å². The first-order valence-corrected chi connectivity index (χ1v) is 9.93. The summed E-state index contributed by atoms with van der Waals surface area (Å²) in [5.74, 6) is 0.865. The minimum absolute atomic E-state index is 0.757. The van der Waals surface area contributed by atoms with Crippen molar-refractivity contribution in [3.05, 3.63) is 17.0 Å². The summed E-state index contributed by atoms with van der Waals surface area (Å²) < 4.78 is 1.93. The normalized spacial score (nSPS) is 16.9. The van der Waals surface area contributed by atoms with Gasteiger partial charge in [-0.15, -0.1) is 0 Å². The van der Waals surface area contributed by atoms with E-state index in [4.69, 9.17) is 0 Å². The second kappa shape index (κ2) is 10.5. The van der Waals surface area contributed by atoms with Gasteiger partial charge in [0.25, 0.3) is 0 Å². The first-order chi connectivity index (χ1) is 12.5. The molecule has 1 aromatic rings. The van der Waals surface area contributed by atoms with Crippen LogP contribution < -0.4 is 10.6 Å². The molecule has 26 heavy (non-hydrogen) atoms. The predicted octanol–water partition coefficient (Wildman–Crippen LogP) is 1.12.